The molecule has 0 atom stereocenters. The van der Waals surface area contributed by atoms with Crippen LogP contribution in [0.5, 0.6) is 0 Å². The van der Waals surface area contributed by atoms with Gasteiger partial charge in [0.1, 0.15) is 0 Å². The zero-order valence-electron chi connectivity index (χ0n) is 8.82. The number of benzene rings is 1. The molecule has 1 aromatic carbocycles. The third-order valence-corrected chi connectivity index (χ3v) is 2.94. The molecule has 0 unspecified atom stereocenters. The Hall–Kier alpha value is -0.710. The summed E-state index contributed by atoms with van der Waals surface area (Å²) in [7, 11) is 0. The van der Waals surface area contributed by atoms with Crippen molar-refractivity contribution < 1.29 is 14.3 Å². The second-order valence-electron chi connectivity index (χ2n) is 3.64. The molecule has 4 heteroatoms. The first kappa shape index (κ1) is 11.8. The van der Waals surface area contributed by atoms with E-state index in [-0.39, 0.29) is 12.1 Å². The summed E-state index contributed by atoms with van der Waals surface area (Å²) in [6, 6.07) is 7.42. The Kier molecular flexibility index (Phi) is 4.09. The molecule has 1 heterocycles. The highest BCUT2D eigenvalue weighted by molar-refractivity contribution is 9.10. The van der Waals surface area contributed by atoms with Gasteiger partial charge in [0.2, 0.25) is 0 Å². The zero-order valence-corrected chi connectivity index (χ0v) is 10.4. The van der Waals surface area contributed by atoms with E-state index < -0.39 is 0 Å². The molecule has 0 aliphatic carbocycles. The maximum Gasteiger partial charge on any atom is 0.163 e. The van der Waals surface area contributed by atoms with Gasteiger partial charge in [0.25, 0.3) is 0 Å². The summed E-state index contributed by atoms with van der Waals surface area (Å²) in [6.45, 7) is 1.27. The molecule has 86 valence electrons. The molecule has 0 radical (unpaired) electrons. The lowest BCUT2D eigenvalue weighted by Crippen LogP contribution is -2.10. The van der Waals surface area contributed by atoms with Gasteiger partial charge in [-0.2, -0.15) is 0 Å². The summed E-state index contributed by atoms with van der Waals surface area (Å²) in [5.41, 5.74) is 0.729. The van der Waals surface area contributed by atoms with Crippen LogP contribution in [0.15, 0.2) is 28.7 Å². The smallest absolute Gasteiger partial charge is 0.163 e. The van der Waals surface area contributed by atoms with Crippen LogP contribution in [0.2, 0.25) is 0 Å². The van der Waals surface area contributed by atoms with E-state index in [0.717, 1.165) is 10.0 Å². The highest BCUT2D eigenvalue weighted by atomic mass is 79.9. The number of hydrogen-bond acceptors (Lipinski definition) is 3. The van der Waals surface area contributed by atoms with Crippen LogP contribution in [0, 0.1) is 0 Å². The molecule has 3 nitrogen and oxygen atoms in total. The lowest BCUT2D eigenvalue weighted by Gasteiger charge is -2.07. The van der Waals surface area contributed by atoms with Crippen LogP contribution in [-0.2, 0) is 9.47 Å². The predicted molar refractivity (Wildman–Crippen MR) is 63.4 cm³/mol. The van der Waals surface area contributed by atoms with Crippen molar-refractivity contribution in [3.8, 4) is 0 Å². The van der Waals surface area contributed by atoms with Crippen LogP contribution in [0.1, 0.15) is 23.2 Å². The maximum absolute atomic E-state index is 11.8. The normalized spacial score (nSPS) is 16.6. The predicted octanol–water partition coefficient (Wildman–Crippen LogP) is 2.78. The van der Waals surface area contributed by atoms with E-state index in [1.54, 1.807) is 0 Å². The summed E-state index contributed by atoms with van der Waals surface area (Å²) in [5, 5.41) is 0. The van der Waals surface area contributed by atoms with E-state index in [1.165, 1.54) is 0 Å². The average molecular weight is 285 g/mol. The summed E-state index contributed by atoms with van der Waals surface area (Å²) >= 11 is 3.35. The molecular formula is C12H13BrO3. The number of halogens is 1. The van der Waals surface area contributed by atoms with Crippen molar-refractivity contribution in [1.82, 2.24) is 0 Å². The van der Waals surface area contributed by atoms with Crippen LogP contribution in [0.4, 0.5) is 0 Å². The van der Waals surface area contributed by atoms with E-state index in [1.807, 2.05) is 24.3 Å². The Balaban J connectivity index is 1.87. The van der Waals surface area contributed by atoms with Crippen molar-refractivity contribution in [3.63, 3.8) is 0 Å². The zero-order chi connectivity index (χ0) is 11.4. The number of carbonyl (C=O) groups is 1. The van der Waals surface area contributed by atoms with E-state index in [4.69, 9.17) is 9.47 Å². The molecule has 0 saturated carbocycles. The van der Waals surface area contributed by atoms with Crippen LogP contribution < -0.4 is 0 Å². The Labute approximate surface area is 103 Å². The van der Waals surface area contributed by atoms with Gasteiger partial charge < -0.3 is 9.47 Å². The number of Topliss-reactive ketones (excluding diaryl/α,β-unsaturated/α-hetero) is 1. The SMILES string of the molecule is O=C(CCC1OCCO1)c1cccc(Br)c1. The third kappa shape index (κ3) is 3.14. The van der Waals surface area contributed by atoms with Crippen LogP contribution in [0.25, 0.3) is 0 Å². The molecule has 0 amide bonds. The minimum Gasteiger partial charge on any atom is -0.350 e. The molecule has 1 saturated heterocycles. The third-order valence-electron chi connectivity index (χ3n) is 2.44. The van der Waals surface area contributed by atoms with E-state index in [9.17, 15) is 4.79 Å². The summed E-state index contributed by atoms with van der Waals surface area (Å²) in [4.78, 5) is 11.8. The summed E-state index contributed by atoms with van der Waals surface area (Å²) in [6.07, 6.45) is 0.892. The van der Waals surface area contributed by atoms with Crippen LogP contribution >= 0.6 is 15.9 Å². The van der Waals surface area contributed by atoms with Gasteiger partial charge in [-0.05, 0) is 12.1 Å². The summed E-state index contributed by atoms with van der Waals surface area (Å²) < 4.78 is 11.5. The molecule has 0 spiro atoms. The molecule has 16 heavy (non-hydrogen) atoms. The van der Waals surface area contributed by atoms with Crippen LogP contribution in [-0.4, -0.2) is 25.3 Å². The number of rotatable bonds is 4. The maximum atomic E-state index is 11.8. The van der Waals surface area contributed by atoms with Gasteiger partial charge in [-0.25, -0.2) is 0 Å². The molecule has 0 N–H and O–H groups in total. The number of carbonyl (C=O) groups excluding carboxylic acids is 1. The van der Waals surface area contributed by atoms with E-state index in [2.05, 4.69) is 15.9 Å². The summed E-state index contributed by atoms with van der Waals surface area (Å²) in [5.74, 6) is 0.125. The standard InChI is InChI=1S/C12H13BrO3/c13-10-3-1-2-9(8-10)11(14)4-5-12-15-6-7-16-12/h1-3,8,12H,4-7H2. The molecular weight excluding hydrogens is 272 g/mol. The van der Waals surface area contributed by atoms with E-state index >= 15 is 0 Å². The number of ketones is 1. The lowest BCUT2D eigenvalue weighted by atomic mass is 10.1. The van der Waals surface area contributed by atoms with Crippen molar-refractivity contribution in [3.05, 3.63) is 34.3 Å². The highest BCUT2D eigenvalue weighted by Gasteiger charge is 2.17. The van der Waals surface area contributed by atoms with Crippen molar-refractivity contribution in [2.45, 2.75) is 19.1 Å². The Morgan fingerprint density at radius 1 is 1.38 bits per heavy atom. The molecule has 1 aliphatic heterocycles. The van der Waals surface area contributed by atoms with Gasteiger partial charge in [-0.3, -0.25) is 4.79 Å². The van der Waals surface area contributed by atoms with Crippen molar-refractivity contribution >= 4 is 21.7 Å². The minimum atomic E-state index is -0.198. The number of hydrogen-bond donors (Lipinski definition) is 0. The second kappa shape index (κ2) is 5.57. The van der Waals surface area contributed by atoms with Gasteiger partial charge >= 0.3 is 0 Å². The Morgan fingerprint density at radius 2 is 2.12 bits per heavy atom. The first-order chi connectivity index (χ1) is 7.75. The van der Waals surface area contributed by atoms with Crippen molar-refractivity contribution in [2.24, 2.45) is 0 Å². The monoisotopic (exact) mass is 284 g/mol. The van der Waals surface area contributed by atoms with Crippen molar-refractivity contribution in [2.75, 3.05) is 13.2 Å². The Bertz CT molecular complexity index is 372. The largest absolute Gasteiger partial charge is 0.350 e. The van der Waals surface area contributed by atoms with Gasteiger partial charge in [0.15, 0.2) is 12.1 Å². The molecule has 0 bridgehead atoms. The molecule has 2 rings (SSSR count). The fourth-order valence-corrected chi connectivity index (χ4v) is 2.03. The van der Waals surface area contributed by atoms with Gasteiger partial charge in [-0.15, -0.1) is 0 Å². The number of ether oxygens (including phenoxy) is 2. The fourth-order valence-electron chi connectivity index (χ4n) is 1.63. The fraction of sp³-hybridized carbons (Fsp3) is 0.417. The van der Waals surface area contributed by atoms with E-state index in [0.29, 0.717) is 26.1 Å². The second-order valence-corrected chi connectivity index (χ2v) is 4.56. The molecule has 1 aliphatic rings. The van der Waals surface area contributed by atoms with Crippen molar-refractivity contribution in [1.29, 1.82) is 0 Å². The van der Waals surface area contributed by atoms with Gasteiger partial charge in [0.05, 0.1) is 13.2 Å². The topological polar surface area (TPSA) is 35.5 Å². The average Bonchev–Trinajstić information content (AvgIpc) is 2.78. The molecule has 0 aromatic heterocycles. The van der Waals surface area contributed by atoms with Crippen LogP contribution in [0.3, 0.4) is 0 Å². The lowest BCUT2D eigenvalue weighted by molar-refractivity contribution is -0.0464. The highest BCUT2D eigenvalue weighted by Crippen LogP contribution is 2.16. The minimum absolute atomic E-state index is 0.125. The first-order valence-corrected chi connectivity index (χ1v) is 6.07. The van der Waals surface area contributed by atoms with Gasteiger partial charge in [0, 0.05) is 22.9 Å². The molecule has 1 aromatic rings. The first-order valence-electron chi connectivity index (χ1n) is 5.28. The quantitative estimate of drug-likeness (QED) is 0.798. The Morgan fingerprint density at radius 3 is 2.81 bits per heavy atom. The molecule has 1 fully saturated rings. The van der Waals surface area contributed by atoms with Gasteiger partial charge in [-0.1, -0.05) is 28.1 Å².